The Hall–Kier alpha value is -1.11. The van der Waals surface area contributed by atoms with Gasteiger partial charge in [-0.25, -0.2) is 0 Å². The van der Waals surface area contributed by atoms with Crippen molar-refractivity contribution in [3.05, 3.63) is 17.8 Å². The zero-order valence-electron chi connectivity index (χ0n) is 14.0. The minimum Gasteiger partial charge on any atom is -0.355 e. The molecule has 1 N–H and O–H groups in total. The van der Waals surface area contributed by atoms with Crippen LogP contribution < -0.4 is 10.2 Å². The van der Waals surface area contributed by atoms with Crippen LogP contribution in [0.2, 0.25) is 0 Å². The van der Waals surface area contributed by atoms with Crippen LogP contribution in [0.1, 0.15) is 25.0 Å². The predicted molar refractivity (Wildman–Crippen MR) is 97.8 cm³/mol. The van der Waals surface area contributed by atoms with Crippen molar-refractivity contribution in [2.75, 3.05) is 38.6 Å². The maximum Gasteiger partial charge on any atom is 0.223 e. The van der Waals surface area contributed by atoms with Crippen LogP contribution in [0.4, 0.5) is 5.82 Å². The zero-order valence-corrected chi connectivity index (χ0v) is 15.6. The van der Waals surface area contributed by atoms with Gasteiger partial charge in [0.15, 0.2) is 5.82 Å². The van der Waals surface area contributed by atoms with Crippen molar-refractivity contribution in [2.24, 2.45) is 0 Å². The van der Waals surface area contributed by atoms with E-state index >= 15 is 0 Å². The monoisotopic (exact) mass is 363 g/mol. The number of rotatable bonds is 5. The quantitative estimate of drug-likeness (QED) is 0.861. The molecule has 132 valence electrons. The van der Waals surface area contributed by atoms with E-state index in [0.717, 1.165) is 44.0 Å². The number of likely N-dealkylation sites (tertiary alicyclic amines) is 1. The number of anilines is 1. The average Bonchev–Trinajstić information content (AvgIpc) is 2.53. The van der Waals surface area contributed by atoms with Crippen LogP contribution in [0.3, 0.4) is 0 Å². The molecule has 1 aliphatic heterocycles. The summed E-state index contributed by atoms with van der Waals surface area (Å²) >= 11 is 0. The predicted octanol–water partition coefficient (Wildman–Crippen LogP) is 1.67. The third-order valence-electron chi connectivity index (χ3n) is 4.10. The number of aromatic nitrogens is 2. The minimum absolute atomic E-state index is 0. The van der Waals surface area contributed by atoms with E-state index in [1.54, 1.807) is 0 Å². The van der Waals surface area contributed by atoms with Crippen LogP contribution in [0.5, 0.6) is 0 Å². The molecule has 0 aliphatic carbocycles. The zero-order chi connectivity index (χ0) is 15.2. The summed E-state index contributed by atoms with van der Waals surface area (Å²) < 4.78 is 0. The van der Waals surface area contributed by atoms with Gasteiger partial charge < -0.3 is 15.1 Å². The van der Waals surface area contributed by atoms with Gasteiger partial charge in [-0.2, -0.15) is 5.10 Å². The Labute approximate surface area is 150 Å². The molecule has 2 rings (SSSR count). The number of hydrogen-bond donors (Lipinski definition) is 1. The van der Waals surface area contributed by atoms with E-state index in [2.05, 4.69) is 27.5 Å². The summed E-state index contributed by atoms with van der Waals surface area (Å²) in [6.45, 7) is 4.34. The van der Waals surface area contributed by atoms with Crippen LogP contribution in [0.15, 0.2) is 12.1 Å². The summed E-state index contributed by atoms with van der Waals surface area (Å²) in [5, 5.41) is 11.4. The lowest BCUT2D eigenvalue weighted by Crippen LogP contribution is -2.46. The maximum atomic E-state index is 12.0. The molecule has 0 aromatic carbocycles. The molecule has 1 aliphatic rings. The first kappa shape index (κ1) is 21.9. The summed E-state index contributed by atoms with van der Waals surface area (Å²) in [6.07, 6.45) is 2.55. The Morgan fingerprint density at radius 2 is 1.96 bits per heavy atom. The van der Waals surface area contributed by atoms with Gasteiger partial charge >= 0.3 is 0 Å². The minimum atomic E-state index is 0. The Morgan fingerprint density at radius 1 is 1.30 bits per heavy atom. The SMILES string of the molecule is CNCCC(=O)N1CCC(N(C)c2ccc(C)nn2)CC1.Cl.Cl. The number of carbonyl (C=O) groups excluding carboxylic acids is 1. The van der Waals surface area contributed by atoms with Crippen molar-refractivity contribution in [3.8, 4) is 0 Å². The van der Waals surface area contributed by atoms with Gasteiger partial charge in [0, 0.05) is 39.1 Å². The number of halogens is 2. The number of piperidine rings is 1. The van der Waals surface area contributed by atoms with Crippen molar-refractivity contribution >= 4 is 36.5 Å². The highest BCUT2D eigenvalue weighted by Crippen LogP contribution is 2.20. The number of carbonyl (C=O) groups is 1. The van der Waals surface area contributed by atoms with Crippen molar-refractivity contribution < 1.29 is 4.79 Å². The Kier molecular flexibility index (Phi) is 10.1. The summed E-state index contributed by atoms with van der Waals surface area (Å²) in [7, 11) is 3.93. The first-order chi connectivity index (χ1) is 10.1. The molecule has 0 bridgehead atoms. The van der Waals surface area contributed by atoms with E-state index < -0.39 is 0 Å². The highest BCUT2D eigenvalue weighted by molar-refractivity contribution is 5.85. The third kappa shape index (κ3) is 6.12. The maximum absolute atomic E-state index is 12.0. The molecule has 2 heterocycles. The normalized spacial score (nSPS) is 14.7. The fraction of sp³-hybridized carbons (Fsp3) is 0.667. The first-order valence-corrected chi connectivity index (χ1v) is 7.57. The molecule has 0 spiro atoms. The molecule has 0 atom stereocenters. The van der Waals surface area contributed by atoms with E-state index in [9.17, 15) is 4.79 Å². The Balaban J connectivity index is 0.00000242. The van der Waals surface area contributed by atoms with E-state index in [0.29, 0.717) is 12.5 Å². The van der Waals surface area contributed by atoms with Crippen LogP contribution in [-0.2, 0) is 4.79 Å². The molecule has 0 radical (unpaired) electrons. The Morgan fingerprint density at radius 3 is 2.48 bits per heavy atom. The summed E-state index contributed by atoms with van der Waals surface area (Å²) in [5.41, 5.74) is 0.928. The molecule has 1 aromatic rings. The molecular weight excluding hydrogens is 337 g/mol. The standard InChI is InChI=1S/C15H25N5O.2ClH/c1-12-4-5-14(18-17-12)19(3)13-7-10-20(11-8-13)15(21)6-9-16-2;;/h4-5,13,16H,6-11H2,1-3H3;2*1H. The number of amides is 1. The molecular formula is C15H27Cl2N5O. The van der Waals surface area contributed by atoms with Gasteiger partial charge in [0.25, 0.3) is 0 Å². The molecule has 6 nitrogen and oxygen atoms in total. The van der Waals surface area contributed by atoms with Gasteiger partial charge in [0.1, 0.15) is 0 Å². The number of nitrogens with one attached hydrogen (secondary N) is 1. The summed E-state index contributed by atoms with van der Waals surface area (Å²) in [5.74, 6) is 1.15. The molecule has 1 aromatic heterocycles. The van der Waals surface area contributed by atoms with Crippen molar-refractivity contribution in [3.63, 3.8) is 0 Å². The van der Waals surface area contributed by atoms with E-state index in [1.807, 2.05) is 31.0 Å². The van der Waals surface area contributed by atoms with E-state index in [-0.39, 0.29) is 30.7 Å². The second-order valence-electron chi connectivity index (χ2n) is 5.61. The highest BCUT2D eigenvalue weighted by atomic mass is 35.5. The fourth-order valence-corrected chi connectivity index (χ4v) is 2.66. The van der Waals surface area contributed by atoms with Gasteiger partial charge in [0.05, 0.1) is 5.69 Å². The lowest BCUT2D eigenvalue weighted by molar-refractivity contribution is -0.132. The molecule has 0 unspecified atom stereocenters. The van der Waals surface area contributed by atoms with Gasteiger partial charge in [-0.1, -0.05) is 0 Å². The Bertz CT molecular complexity index is 463. The first-order valence-electron chi connectivity index (χ1n) is 7.57. The third-order valence-corrected chi connectivity index (χ3v) is 4.10. The van der Waals surface area contributed by atoms with Crippen molar-refractivity contribution in [1.82, 2.24) is 20.4 Å². The van der Waals surface area contributed by atoms with Gasteiger partial charge in [0.2, 0.25) is 5.91 Å². The lowest BCUT2D eigenvalue weighted by atomic mass is 10.0. The second kappa shape index (κ2) is 10.6. The molecule has 1 amide bonds. The second-order valence-corrected chi connectivity index (χ2v) is 5.61. The fourth-order valence-electron chi connectivity index (χ4n) is 2.66. The van der Waals surface area contributed by atoms with Gasteiger partial charge in [-0.15, -0.1) is 29.9 Å². The van der Waals surface area contributed by atoms with Crippen LogP contribution in [0, 0.1) is 6.92 Å². The topological polar surface area (TPSA) is 61.4 Å². The summed E-state index contributed by atoms with van der Waals surface area (Å²) in [6, 6.07) is 4.41. The summed E-state index contributed by atoms with van der Waals surface area (Å²) in [4.78, 5) is 16.1. The largest absolute Gasteiger partial charge is 0.355 e. The van der Waals surface area contributed by atoms with Gasteiger partial charge in [-0.3, -0.25) is 4.79 Å². The molecule has 1 fully saturated rings. The van der Waals surface area contributed by atoms with Crippen LogP contribution in [-0.4, -0.2) is 60.8 Å². The highest BCUT2D eigenvalue weighted by Gasteiger charge is 2.25. The molecule has 8 heteroatoms. The number of hydrogen-bond acceptors (Lipinski definition) is 5. The molecule has 0 saturated carbocycles. The number of nitrogens with zero attached hydrogens (tertiary/aromatic N) is 4. The lowest BCUT2D eigenvalue weighted by Gasteiger charge is -2.37. The van der Waals surface area contributed by atoms with E-state index in [4.69, 9.17) is 0 Å². The van der Waals surface area contributed by atoms with Crippen LogP contribution in [0.25, 0.3) is 0 Å². The average molecular weight is 364 g/mol. The van der Waals surface area contributed by atoms with E-state index in [1.165, 1.54) is 0 Å². The number of aryl methyl sites for hydroxylation is 1. The molecule has 1 saturated heterocycles. The van der Waals surface area contributed by atoms with Crippen LogP contribution >= 0.6 is 24.8 Å². The smallest absolute Gasteiger partial charge is 0.223 e. The molecule has 23 heavy (non-hydrogen) atoms. The van der Waals surface area contributed by atoms with Crippen molar-refractivity contribution in [1.29, 1.82) is 0 Å². The van der Waals surface area contributed by atoms with Gasteiger partial charge in [-0.05, 0) is 38.9 Å². The van der Waals surface area contributed by atoms with Crippen molar-refractivity contribution in [2.45, 2.75) is 32.2 Å².